The molecule has 130 valence electrons. The SMILES string of the molecule is CCCOc1nc2cc(C)ccc2cc1CNCc1cnc(C)cn1. The maximum atomic E-state index is 5.87. The first-order valence-corrected chi connectivity index (χ1v) is 8.67. The number of benzene rings is 1. The van der Waals surface area contributed by atoms with Crippen LogP contribution in [0.5, 0.6) is 5.88 Å². The van der Waals surface area contributed by atoms with Gasteiger partial charge in [-0.1, -0.05) is 19.1 Å². The van der Waals surface area contributed by atoms with Crippen LogP contribution >= 0.6 is 0 Å². The van der Waals surface area contributed by atoms with E-state index < -0.39 is 0 Å². The normalized spacial score (nSPS) is 11.0. The highest BCUT2D eigenvalue weighted by molar-refractivity contribution is 5.80. The second kappa shape index (κ2) is 8.03. The van der Waals surface area contributed by atoms with Gasteiger partial charge in [-0.2, -0.15) is 0 Å². The summed E-state index contributed by atoms with van der Waals surface area (Å²) in [5.74, 6) is 0.711. The van der Waals surface area contributed by atoms with E-state index in [-0.39, 0.29) is 0 Å². The van der Waals surface area contributed by atoms with Gasteiger partial charge in [-0.05, 0) is 38.0 Å². The van der Waals surface area contributed by atoms with Crippen LogP contribution in [-0.4, -0.2) is 21.6 Å². The molecule has 5 heteroatoms. The summed E-state index contributed by atoms with van der Waals surface area (Å²) >= 11 is 0. The number of hydrogen-bond acceptors (Lipinski definition) is 5. The van der Waals surface area contributed by atoms with E-state index in [1.807, 2.05) is 6.92 Å². The van der Waals surface area contributed by atoms with Crippen LogP contribution in [0.4, 0.5) is 0 Å². The van der Waals surface area contributed by atoms with E-state index in [1.54, 1.807) is 12.4 Å². The van der Waals surface area contributed by atoms with Gasteiger partial charge in [0.2, 0.25) is 5.88 Å². The van der Waals surface area contributed by atoms with E-state index >= 15 is 0 Å². The van der Waals surface area contributed by atoms with Crippen LogP contribution in [0, 0.1) is 13.8 Å². The number of pyridine rings is 1. The molecule has 25 heavy (non-hydrogen) atoms. The summed E-state index contributed by atoms with van der Waals surface area (Å²) in [6, 6.07) is 8.46. The largest absolute Gasteiger partial charge is 0.477 e. The monoisotopic (exact) mass is 336 g/mol. The fourth-order valence-electron chi connectivity index (χ4n) is 2.59. The van der Waals surface area contributed by atoms with E-state index in [0.29, 0.717) is 25.6 Å². The van der Waals surface area contributed by atoms with Crippen molar-refractivity contribution < 1.29 is 4.74 Å². The zero-order chi connectivity index (χ0) is 17.6. The molecular formula is C20H24N4O. The molecule has 0 aliphatic heterocycles. The lowest BCUT2D eigenvalue weighted by Crippen LogP contribution is -2.15. The van der Waals surface area contributed by atoms with Gasteiger partial charge in [-0.25, -0.2) is 4.98 Å². The first kappa shape index (κ1) is 17.3. The van der Waals surface area contributed by atoms with Gasteiger partial charge in [0, 0.05) is 36.4 Å². The highest BCUT2D eigenvalue weighted by atomic mass is 16.5. The third kappa shape index (κ3) is 4.51. The fourth-order valence-corrected chi connectivity index (χ4v) is 2.59. The molecule has 0 atom stereocenters. The van der Waals surface area contributed by atoms with Gasteiger partial charge in [-0.15, -0.1) is 0 Å². The van der Waals surface area contributed by atoms with Crippen LogP contribution in [-0.2, 0) is 13.1 Å². The molecule has 0 saturated carbocycles. The molecule has 0 fully saturated rings. The Morgan fingerprint density at radius 3 is 2.68 bits per heavy atom. The maximum Gasteiger partial charge on any atom is 0.218 e. The Morgan fingerprint density at radius 2 is 1.92 bits per heavy atom. The van der Waals surface area contributed by atoms with Crippen molar-refractivity contribution >= 4 is 10.9 Å². The van der Waals surface area contributed by atoms with Crippen molar-refractivity contribution in [3.05, 3.63) is 59.2 Å². The average molecular weight is 336 g/mol. The molecule has 5 nitrogen and oxygen atoms in total. The zero-order valence-electron chi connectivity index (χ0n) is 15.0. The molecule has 0 spiro atoms. The minimum Gasteiger partial charge on any atom is -0.477 e. The Bertz CT molecular complexity index is 846. The van der Waals surface area contributed by atoms with Crippen LogP contribution in [0.15, 0.2) is 36.7 Å². The smallest absolute Gasteiger partial charge is 0.218 e. The summed E-state index contributed by atoms with van der Waals surface area (Å²) < 4.78 is 5.87. The zero-order valence-corrected chi connectivity index (χ0v) is 15.0. The van der Waals surface area contributed by atoms with E-state index in [4.69, 9.17) is 9.72 Å². The predicted octanol–water partition coefficient (Wildman–Crippen LogP) is 3.72. The molecule has 1 aromatic carbocycles. The molecule has 0 unspecified atom stereocenters. The van der Waals surface area contributed by atoms with E-state index in [2.05, 4.69) is 53.4 Å². The molecule has 0 aliphatic rings. The summed E-state index contributed by atoms with van der Waals surface area (Å²) in [5, 5.41) is 4.53. The number of hydrogen-bond donors (Lipinski definition) is 1. The molecule has 0 radical (unpaired) electrons. The van der Waals surface area contributed by atoms with Crippen LogP contribution in [0.2, 0.25) is 0 Å². The van der Waals surface area contributed by atoms with Gasteiger partial charge < -0.3 is 10.1 Å². The quantitative estimate of drug-likeness (QED) is 0.712. The van der Waals surface area contributed by atoms with Gasteiger partial charge >= 0.3 is 0 Å². The number of fused-ring (bicyclic) bond motifs is 1. The number of rotatable bonds is 7. The maximum absolute atomic E-state index is 5.87. The lowest BCUT2D eigenvalue weighted by Gasteiger charge is -2.12. The topological polar surface area (TPSA) is 59.9 Å². The number of nitrogens with zero attached hydrogens (tertiary/aromatic N) is 3. The van der Waals surface area contributed by atoms with Crippen LogP contribution in [0.25, 0.3) is 10.9 Å². The molecule has 0 amide bonds. The summed E-state index contributed by atoms with van der Waals surface area (Å²) in [6.45, 7) is 8.10. The number of aryl methyl sites for hydroxylation is 2. The minimum absolute atomic E-state index is 0.659. The molecule has 2 heterocycles. The van der Waals surface area contributed by atoms with Crippen molar-refractivity contribution in [3.8, 4) is 5.88 Å². The van der Waals surface area contributed by atoms with Gasteiger partial charge in [0.05, 0.1) is 23.5 Å². The van der Waals surface area contributed by atoms with Crippen molar-refractivity contribution in [2.24, 2.45) is 0 Å². The van der Waals surface area contributed by atoms with Crippen molar-refractivity contribution in [1.29, 1.82) is 0 Å². The average Bonchev–Trinajstić information content (AvgIpc) is 2.61. The number of ether oxygens (including phenoxy) is 1. The summed E-state index contributed by atoms with van der Waals surface area (Å²) in [7, 11) is 0. The number of aromatic nitrogens is 3. The van der Waals surface area contributed by atoms with Gasteiger partial charge in [0.15, 0.2) is 0 Å². The standard InChI is InChI=1S/C20H24N4O/c1-4-7-25-20-17(9-16-6-5-14(2)8-19(16)24-20)11-21-12-18-13-22-15(3)10-23-18/h5-6,8-10,13,21H,4,7,11-12H2,1-3H3. The van der Waals surface area contributed by atoms with E-state index in [0.717, 1.165) is 34.3 Å². The highest BCUT2D eigenvalue weighted by Gasteiger charge is 2.09. The third-order valence-corrected chi connectivity index (χ3v) is 3.91. The van der Waals surface area contributed by atoms with Gasteiger partial charge in [0.25, 0.3) is 0 Å². The lowest BCUT2D eigenvalue weighted by molar-refractivity contribution is 0.302. The third-order valence-electron chi connectivity index (χ3n) is 3.91. The molecule has 2 aromatic heterocycles. The van der Waals surface area contributed by atoms with E-state index in [1.165, 1.54) is 5.56 Å². The first-order valence-electron chi connectivity index (χ1n) is 8.67. The van der Waals surface area contributed by atoms with Crippen molar-refractivity contribution in [3.63, 3.8) is 0 Å². The predicted molar refractivity (Wildman–Crippen MR) is 99.6 cm³/mol. The molecule has 3 aromatic rings. The van der Waals surface area contributed by atoms with Crippen molar-refractivity contribution in [2.45, 2.75) is 40.3 Å². The summed E-state index contributed by atoms with van der Waals surface area (Å²) in [5.41, 5.74) is 5.08. The summed E-state index contributed by atoms with van der Waals surface area (Å²) in [6.07, 6.45) is 4.55. The van der Waals surface area contributed by atoms with Gasteiger partial charge in [-0.3, -0.25) is 9.97 Å². The Hall–Kier alpha value is -2.53. The highest BCUT2D eigenvalue weighted by Crippen LogP contribution is 2.23. The molecule has 3 rings (SSSR count). The second-order valence-corrected chi connectivity index (χ2v) is 6.25. The number of nitrogens with one attached hydrogen (secondary N) is 1. The van der Waals surface area contributed by atoms with Crippen molar-refractivity contribution in [2.75, 3.05) is 6.61 Å². The second-order valence-electron chi connectivity index (χ2n) is 6.25. The van der Waals surface area contributed by atoms with E-state index in [9.17, 15) is 0 Å². The van der Waals surface area contributed by atoms with Crippen LogP contribution in [0.3, 0.4) is 0 Å². The molecule has 1 N–H and O–H groups in total. The molecular weight excluding hydrogens is 312 g/mol. The Morgan fingerprint density at radius 1 is 1.04 bits per heavy atom. The fraction of sp³-hybridized carbons (Fsp3) is 0.350. The molecule has 0 bridgehead atoms. The Kier molecular flexibility index (Phi) is 5.56. The molecule has 0 saturated heterocycles. The van der Waals surface area contributed by atoms with Crippen LogP contribution in [0.1, 0.15) is 35.9 Å². The Balaban J connectivity index is 1.77. The minimum atomic E-state index is 0.659. The molecule has 0 aliphatic carbocycles. The van der Waals surface area contributed by atoms with Crippen molar-refractivity contribution in [1.82, 2.24) is 20.3 Å². The first-order chi connectivity index (χ1) is 12.2. The summed E-state index contributed by atoms with van der Waals surface area (Å²) in [4.78, 5) is 13.4. The van der Waals surface area contributed by atoms with Gasteiger partial charge in [0.1, 0.15) is 0 Å². The van der Waals surface area contributed by atoms with Crippen LogP contribution < -0.4 is 10.1 Å². The lowest BCUT2D eigenvalue weighted by atomic mass is 10.1. The Labute approximate surface area is 148 Å².